The van der Waals surface area contributed by atoms with Gasteiger partial charge in [0.1, 0.15) is 0 Å². The van der Waals surface area contributed by atoms with Gasteiger partial charge >= 0.3 is 0 Å². The molecule has 3 N–H and O–H groups in total. The van der Waals surface area contributed by atoms with Crippen LogP contribution in [-0.2, 0) is 0 Å². The zero-order valence-corrected chi connectivity index (χ0v) is 10.1. The van der Waals surface area contributed by atoms with Crippen LogP contribution in [0.5, 0.6) is 0 Å². The highest BCUT2D eigenvalue weighted by atomic mass is 16.3. The summed E-state index contributed by atoms with van der Waals surface area (Å²) in [5.41, 5.74) is 5.30. The summed E-state index contributed by atoms with van der Waals surface area (Å²) in [4.78, 5) is 0. The molecular weight excluding hydrogens is 186 g/mol. The van der Waals surface area contributed by atoms with Gasteiger partial charge in [0.15, 0.2) is 0 Å². The number of hydrogen-bond acceptors (Lipinski definition) is 2. The summed E-state index contributed by atoms with van der Waals surface area (Å²) in [6, 6.07) is 0. The SMILES string of the molecule is CCCCCCCC/C=C/C[C@@H](O)CN. The van der Waals surface area contributed by atoms with Crippen molar-refractivity contribution in [2.24, 2.45) is 5.73 Å². The number of unbranched alkanes of at least 4 members (excludes halogenated alkanes) is 6. The van der Waals surface area contributed by atoms with E-state index in [0.29, 0.717) is 13.0 Å². The molecule has 2 nitrogen and oxygen atoms in total. The maximum atomic E-state index is 9.18. The smallest absolute Gasteiger partial charge is 0.0696 e. The second kappa shape index (κ2) is 11.7. The number of rotatable bonds is 10. The molecule has 0 aromatic heterocycles. The van der Waals surface area contributed by atoms with Gasteiger partial charge in [0, 0.05) is 6.54 Å². The van der Waals surface area contributed by atoms with E-state index in [-0.39, 0.29) is 6.10 Å². The van der Waals surface area contributed by atoms with Crippen LogP contribution in [0.1, 0.15) is 58.3 Å². The number of hydrogen-bond donors (Lipinski definition) is 2. The molecule has 0 aromatic carbocycles. The standard InChI is InChI=1S/C13H27NO/c1-2-3-4-5-6-7-8-9-10-11-13(15)12-14/h9-10,13,15H,2-8,11-12,14H2,1H3/b10-9+/t13-/m1/s1. The molecule has 0 aromatic rings. The molecule has 0 rings (SSSR count). The largest absolute Gasteiger partial charge is 0.391 e. The number of allylic oxidation sites excluding steroid dienone is 1. The minimum absolute atomic E-state index is 0.356. The lowest BCUT2D eigenvalue weighted by Gasteiger charge is -2.01. The van der Waals surface area contributed by atoms with Crippen molar-refractivity contribution in [2.45, 2.75) is 64.4 Å². The van der Waals surface area contributed by atoms with Gasteiger partial charge in [0.25, 0.3) is 0 Å². The second-order valence-corrected chi connectivity index (χ2v) is 4.15. The molecule has 15 heavy (non-hydrogen) atoms. The fourth-order valence-corrected chi connectivity index (χ4v) is 1.51. The monoisotopic (exact) mass is 213 g/mol. The van der Waals surface area contributed by atoms with Gasteiger partial charge in [0.2, 0.25) is 0 Å². The molecular formula is C13H27NO. The van der Waals surface area contributed by atoms with Gasteiger partial charge in [-0.15, -0.1) is 0 Å². The van der Waals surface area contributed by atoms with Crippen LogP contribution in [-0.4, -0.2) is 17.8 Å². The summed E-state index contributed by atoms with van der Waals surface area (Å²) < 4.78 is 0. The molecule has 0 bridgehead atoms. The number of nitrogens with two attached hydrogens (primary N) is 1. The van der Waals surface area contributed by atoms with Crippen molar-refractivity contribution in [2.75, 3.05) is 6.54 Å². The molecule has 1 atom stereocenters. The predicted molar refractivity (Wildman–Crippen MR) is 66.8 cm³/mol. The lowest BCUT2D eigenvalue weighted by Crippen LogP contribution is -2.18. The molecule has 0 amide bonds. The van der Waals surface area contributed by atoms with Crippen molar-refractivity contribution < 1.29 is 5.11 Å². The van der Waals surface area contributed by atoms with Crippen LogP contribution < -0.4 is 5.73 Å². The summed E-state index contributed by atoms with van der Waals surface area (Å²) >= 11 is 0. The van der Waals surface area contributed by atoms with Crippen LogP contribution >= 0.6 is 0 Å². The topological polar surface area (TPSA) is 46.2 Å². The second-order valence-electron chi connectivity index (χ2n) is 4.15. The first kappa shape index (κ1) is 14.7. The zero-order valence-electron chi connectivity index (χ0n) is 10.1. The van der Waals surface area contributed by atoms with Gasteiger partial charge in [-0.2, -0.15) is 0 Å². The molecule has 0 aliphatic heterocycles. The van der Waals surface area contributed by atoms with Crippen molar-refractivity contribution in [3.63, 3.8) is 0 Å². The predicted octanol–water partition coefficient (Wildman–Crippen LogP) is 3.00. The Hall–Kier alpha value is -0.340. The lowest BCUT2D eigenvalue weighted by molar-refractivity contribution is 0.186. The van der Waals surface area contributed by atoms with E-state index in [1.165, 1.54) is 38.5 Å². The van der Waals surface area contributed by atoms with Gasteiger partial charge in [-0.25, -0.2) is 0 Å². The first-order chi connectivity index (χ1) is 7.31. The molecule has 0 aliphatic carbocycles. The van der Waals surface area contributed by atoms with Crippen LogP contribution in [0, 0.1) is 0 Å². The Labute approximate surface area is 94.6 Å². The van der Waals surface area contributed by atoms with E-state index in [4.69, 9.17) is 5.73 Å². The van der Waals surface area contributed by atoms with E-state index in [1.807, 2.05) is 6.08 Å². The average molecular weight is 213 g/mol. The minimum Gasteiger partial charge on any atom is -0.391 e. The maximum Gasteiger partial charge on any atom is 0.0696 e. The van der Waals surface area contributed by atoms with Crippen LogP contribution in [0.4, 0.5) is 0 Å². The van der Waals surface area contributed by atoms with Crippen molar-refractivity contribution >= 4 is 0 Å². The lowest BCUT2D eigenvalue weighted by atomic mass is 10.1. The normalized spacial score (nSPS) is 13.5. The summed E-state index contributed by atoms with van der Waals surface area (Å²) in [5, 5.41) is 9.18. The average Bonchev–Trinajstić information content (AvgIpc) is 2.26. The van der Waals surface area contributed by atoms with Gasteiger partial charge in [-0.3, -0.25) is 0 Å². The molecule has 0 saturated carbocycles. The van der Waals surface area contributed by atoms with Gasteiger partial charge in [0.05, 0.1) is 6.10 Å². The van der Waals surface area contributed by atoms with Crippen molar-refractivity contribution in [1.29, 1.82) is 0 Å². The molecule has 90 valence electrons. The Bertz CT molecular complexity index is 145. The molecule has 0 fully saturated rings. The summed E-state index contributed by atoms with van der Waals surface area (Å²) in [5.74, 6) is 0. The van der Waals surface area contributed by atoms with Crippen LogP contribution in [0.25, 0.3) is 0 Å². The third kappa shape index (κ3) is 11.6. The van der Waals surface area contributed by atoms with Crippen LogP contribution in [0.15, 0.2) is 12.2 Å². The molecule has 2 heteroatoms. The van der Waals surface area contributed by atoms with Crippen molar-refractivity contribution in [3.8, 4) is 0 Å². The van der Waals surface area contributed by atoms with E-state index in [0.717, 1.165) is 6.42 Å². The molecule has 0 heterocycles. The number of aliphatic hydroxyl groups is 1. The Kier molecular flexibility index (Phi) is 11.5. The highest BCUT2D eigenvalue weighted by Crippen LogP contribution is 2.07. The molecule has 0 unspecified atom stereocenters. The summed E-state index contributed by atoms with van der Waals surface area (Å²) in [7, 11) is 0. The van der Waals surface area contributed by atoms with Gasteiger partial charge in [-0.05, 0) is 19.3 Å². The van der Waals surface area contributed by atoms with E-state index >= 15 is 0 Å². The molecule has 0 saturated heterocycles. The molecule has 0 aliphatic rings. The van der Waals surface area contributed by atoms with E-state index < -0.39 is 0 Å². The quantitative estimate of drug-likeness (QED) is 0.433. The Morgan fingerprint density at radius 2 is 1.73 bits per heavy atom. The van der Waals surface area contributed by atoms with E-state index in [1.54, 1.807) is 0 Å². The van der Waals surface area contributed by atoms with Crippen LogP contribution in [0.2, 0.25) is 0 Å². The Morgan fingerprint density at radius 3 is 2.40 bits per heavy atom. The first-order valence-corrected chi connectivity index (χ1v) is 6.34. The van der Waals surface area contributed by atoms with Crippen LogP contribution in [0.3, 0.4) is 0 Å². The Morgan fingerprint density at radius 1 is 1.07 bits per heavy atom. The molecule has 0 spiro atoms. The first-order valence-electron chi connectivity index (χ1n) is 6.34. The van der Waals surface area contributed by atoms with E-state index in [2.05, 4.69) is 13.0 Å². The minimum atomic E-state index is -0.356. The highest BCUT2D eigenvalue weighted by Gasteiger charge is 1.95. The third-order valence-electron chi connectivity index (χ3n) is 2.57. The summed E-state index contributed by atoms with van der Waals surface area (Å²) in [6.07, 6.45) is 13.8. The third-order valence-corrected chi connectivity index (χ3v) is 2.57. The highest BCUT2D eigenvalue weighted by molar-refractivity contribution is 4.84. The summed E-state index contributed by atoms with van der Waals surface area (Å²) in [6.45, 7) is 2.60. The Balaban J connectivity index is 3.09. The van der Waals surface area contributed by atoms with Crippen molar-refractivity contribution in [3.05, 3.63) is 12.2 Å². The fourth-order valence-electron chi connectivity index (χ4n) is 1.51. The van der Waals surface area contributed by atoms with Crippen molar-refractivity contribution in [1.82, 2.24) is 0 Å². The van der Waals surface area contributed by atoms with Gasteiger partial charge in [-0.1, -0.05) is 51.2 Å². The fraction of sp³-hybridized carbons (Fsp3) is 0.846. The number of aliphatic hydroxyl groups excluding tert-OH is 1. The molecule has 0 radical (unpaired) electrons. The zero-order chi connectivity index (χ0) is 11.4. The van der Waals surface area contributed by atoms with E-state index in [9.17, 15) is 5.11 Å². The maximum absolute atomic E-state index is 9.18. The van der Waals surface area contributed by atoms with Gasteiger partial charge < -0.3 is 10.8 Å².